The number of hydrogen-bond acceptors (Lipinski definition) is 1. The van der Waals surface area contributed by atoms with Gasteiger partial charge < -0.3 is 0 Å². The average Bonchev–Trinajstić information content (AvgIpc) is 2.56. The van der Waals surface area contributed by atoms with Crippen molar-refractivity contribution in [2.45, 2.75) is 86.2 Å². The third-order valence-electron chi connectivity index (χ3n) is 5.26. The maximum Gasteiger partial charge on any atom is 0.0238 e. The Labute approximate surface area is 115 Å². The van der Waals surface area contributed by atoms with Gasteiger partial charge in [0, 0.05) is 17.6 Å². The molecule has 0 saturated carbocycles. The van der Waals surface area contributed by atoms with Crippen molar-refractivity contribution in [3.8, 4) is 0 Å². The summed E-state index contributed by atoms with van der Waals surface area (Å²) in [5, 5.41) is 0. The van der Waals surface area contributed by atoms with Crippen LogP contribution in [0.25, 0.3) is 0 Å². The van der Waals surface area contributed by atoms with Gasteiger partial charge in [-0.25, -0.2) is 0 Å². The highest BCUT2D eigenvalue weighted by atomic mass is 15.3. The molecule has 0 spiro atoms. The van der Waals surface area contributed by atoms with Gasteiger partial charge in [-0.1, -0.05) is 41.5 Å². The minimum Gasteiger partial charge on any atom is -0.292 e. The molecule has 0 N–H and O–H groups in total. The second-order valence-corrected chi connectivity index (χ2v) is 8.66. The molecule has 1 fully saturated rings. The van der Waals surface area contributed by atoms with Gasteiger partial charge in [-0.05, 0) is 50.9 Å². The summed E-state index contributed by atoms with van der Waals surface area (Å²) < 4.78 is 0. The number of hydrogen-bond donors (Lipinski definition) is 0. The predicted molar refractivity (Wildman–Crippen MR) is 81.9 cm³/mol. The normalized spacial score (nSPS) is 31.3. The van der Waals surface area contributed by atoms with Crippen molar-refractivity contribution in [2.24, 2.45) is 17.3 Å². The van der Waals surface area contributed by atoms with Crippen LogP contribution in [0.3, 0.4) is 0 Å². The van der Waals surface area contributed by atoms with E-state index in [0.717, 1.165) is 11.8 Å². The lowest BCUT2D eigenvalue weighted by atomic mass is 9.72. The SMILES string of the molecule is CCC1(C(C)C)CC(C(C)(C)C)CN1C(C)(C)C. The minimum absolute atomic E-state index is 0.278. The first kappa shape index (κ1) is 16.0. The molecule has 1 aliphatic heterocycles. The molecule has 2 atom stereocenters. The molecule has 1 heteroatoms. The number of nitrogens with zero attached hydrogens (tertiary/aromatic N) is 1. The van der Waals surface area contributed by atoms with Crippen molar-refractivity contribution in [3.63, 3.8) is 0 Å². The van der Waals surface area contributed by atoms with Crippen LogP contribution in [0.4, 0.5) is 0 Å². The Morgan fingerprint density at radius 1 is 1.11 bits per heavy atom. The van der Waals surface area contributed by atoms with Crippen molar-refractivity contribution in [2.75, 3.05) is 6.54 Å². The van der Waals surface area contributed by atoms with Crippen LogP contribution in [0, 0.1) is 17.3 Å². The smallest absolute Gasteiger partial charge is 0.0238 e. The van der Waals surface area contributed by atoms with Gasteiger partial charge in [0.2, 0.25) is 0 Å². The standard InChI is InChI=1S/C17H35N/c1-10-17(13(2)3)11-14(15(4,5)6)12-18(17)16(7,8)9/h13-14H,10-12H2,1-9H3. The fraction of sp³-hybridized carbons (Fsp3) is 1.00. The lowest BCUT2D eigenvalue weighted by Gasteiger charge is -2.48. The van der Waals surface area contributed by atoms with Crippen LogP contribution in [0.1, 0.15) is 75.2 Å². The summed E-state index contributed by atoms with van der Waals surface area (Å²) in [5.74, 6) is 1.55. The maximum atomic E-state index is 2.81. The van der Waals surface area contributed by atoms with Gasteiger partial charge in [-0.15, -0.1) is 0 Å². The van der Waals surface area contributed by atoms with E-state index in [1.54, 1.807) is 0 Å². The molecular formula is C17H35N. The molecule has 0 amide bonds. The molecule has 2 unspecified atom stereocenters. The van der Waals surface area contributed by atoms with Gasteiger partial charge >= 0.3 is 0 Å². The molecule has 1 saturated heterocycles. The lowest BCUT2D eigenvalue weighted by Crippen LogP contribution is -2.55. The molecule has 0 aromatic carbocycles. The summed E-state index contributed by atoms with van der Waals surface area (Å²) in [4.78, 5) is 2.81. The van der Waals surface area contributed by atoms with E-state index < -0.39 is 0 Å². The molecular weight excluding hydrogens is 218 g/mol. The van der Waals surface area contributed by atoms with Gasteiger partial charge in [-0.3, -0.25) is 4.90 Å². The zero-order valence-corrected chi connectivity index (χ0v) is 14.2. The molecule has 1 heterocycles. The highest BCUT2D eigenvalue weighted by molar-refractivity contribution is 5.06. The molecule has 1 nitrogen and oxygen atoms in total. The first-order valence-electron chi connectivity index (χ1n) is 7.73. The summed E-state index contributed by atoms with van der Waals surface area (Å²) in [6, 6.07) is 0. The summed E-state index contributed by atoms with van der Waals surface area (Å²) >= 11 is 0. The first-order valence-corrected chi connectivity index (χ1v) is 7.73. The Kier molecular flexibility index (Phi) is 4.28. The predicted octanol–water partition coefficient (Wildman–Crippen LogP) is 4.96. The Morgan fingerprint density at radius 2 is 1.61 bits per heavy atom. The van der Waals surface area contributed by atoms with Gasteiger partial charge in [0.05, 0.1) is 0 Å². The van der Waals surface area contributed by atoms with E-state index >= 15 is 0 Å². The fourth-order valence-corrected chi connectivity index (χ4v) is 3.82. The van der Waals surface area contributed by atoms with E-state index in [9.17, 15) is 0 Å². The van der Waals surface area contributed by atoms with Crippen molar-refractivity contribution in [1.29, 1.82) is 0 Å². The van der Waals surface area contributed by atoms with Crippen LogP contribution in [-0.2, 0) is 0 Å². The van der Waals surface area contributed by atoms with Crippen molar-refractivity contribution < 1.29 is 0 Å². The monoisotopic (exact) mass is 253 g/mol. The van der Waals surface area contributed by atoms with E-state index in [2.05, 4.69) is 67.2 Å². The molecule has 0 aromatic rings. The number of likely N-dealkylation sites (tertiary alicyclic amines) is 1. The topological polar surface area (TPSA) is 3.24 Å². The number of rotatable bonds is 2. The second kappa shape index (κ2) is 4.81. The highest BCUT2D eigenvalue weighted by Gasteiger charge is 2.52. The molecule has 0 aromatic heterocycles. The first-order chi connectivity index (χ1) is 7.95. The molecule has 18 heavy (non-hydrogen) atoms. The van der Waals surface area contributed by atoms with Crippen LogP contribution in [-0.4, -0.2) is 22.5 Å². The van der Waals surface area contributed by atoms with Crippen molar-refractivity contribution >= 4 is 0 Å². The van der Waals surface area contributed by atoms with E-state index in [1.165, 1.54) is 19.4 Å². The Hall–Kier alpha value is -0.0400. The molecule has 108 valence electrons. The van der Waals surface area contributed by atoms with Crippen LogP contribution in [0.5, 0.6) is 0 Å². The largest absolute Gasteiger partial charge is 0.292 e. The molecule has 0 bridgehead atoms. The van der Waals surface area contributed by atoms with E-state index in [4.69, 9.17) is 0 Å². The lowest BCUT2D eigenvalue weighted by molar-refractivity contribution is 0.00721. The Morgan fingerprint density at radius 3 is 1.83 bits per heavy atom. The Bertz CT molecular complexity index is 279. The van der Waals surface area contributed by atoms with Gasteiger partial charge in [0.25, 0.3) is 0 Å². The summed E-state index contributed by atoms with van der Waals surface area (Å²) in [6.07, 6.45) is 2.64. The summed E-state index contributed by atoms with van der Waals surface area (Å²) in [5.41, 5.74) is 1.10. The van der Waals surface area contributed by atoms with Crippen LogP contribution in [0.15, 0.2) is 0 Å². The van der Waals surface area contributed by atoms with Crippen molar-refractivity contribution in [3.05, 3.63) is 0 Å². The van der Waals surface area contributed by atoms with Crippen LogP contribution in [0.2, 0.25) is 0 Å². The zero-order chi connectivity index (χ0) is 14.4. The van der Waals surface area contributed by atoms with E-state index in [-0.39, 0.29) is 5.54 Å². The molecule has 0 radical (unpaired) electrons. The minimum atomic E-state index is 0.278. The quantitative estimate of drug-likeness (QED) is 0.672. The third kappa shape index (κ3) is 2.76. The summed E-state index contributed by atoms with van der Waals surface area (Å²) in [7, 11) is 0. The Balaban J connectivity index is 3.14. The average molecular weight is 253 g/mol. The van der Waals surface area contributed by atoms with E-state index in [1.807, 2.05) is 0 Å². The van der Waals surface area contributed by atoms with E-state index in [0.29, 0.717) is 11.0 Å². The van der Waals surface area contributed by atoms with Gasteiger partial charge in [-0.2, -0.15) is 0 Å². The molecule has 0 aliphatic carbocycles. The molecule has 1 aliphatic rings. The fourth-order valence-electron chi connectivity index (χ4n) is 3.82. The second-order valence-electron chi connectivity index (χ2n) is 8.66. The van der Waals surface area contributed by atoms with Crippen LogP contribution >= 0.6 is 0 Å². The van der Waals surface area contributed by atoms with Crippen molar-refractivity contribution in [1.82, 2.24) is 4.90 Å². The molecule has 1 rings (SSSR count). The third-order valence-corrected chi connectivity index (χ3v) is 5.26. The highest BCUT2D eigenvalue weighted by Crippen LogP contribution is 2.49. The van der Waals surface area contributed by atoms with Gasteiger partial charge in [0.1, 0.15) is 0 Å². The van der Waals surface area contributed by atoms with Crippen LogP contribution < -0.4 is 0 Å². The van der Waals surface area contributed by atoms with Gasteiger partial charge in [0.15, 0.2) is 0 Å². The zero-order valence-electron chi connectivity index (χ0n) is 14.2. The maximum absolute atomic E-state index is 2.81. The summed E-state index contributed by atoms with van der Waals surface area (Å²) in [6.45, 7) is 22.8.